The van der Waals surface area contributed by atoms with Crippen molar-refractivity contribution in [3.8, 4) is 16.9 Å². The minimum absolute atomic E-state index is 0.394. The topological polar surface area (TPSA) is 21.7 Å². The van der Waals surface area contributed by atoms with Crippen LogP contribution in [0.15, 0.2) is 48.7 Å². The van der Waals surface area contributed by atoms with Gasteiger partial charge in [0, 0.05) is 22.2 Å². The van der Waals surface area contributed by atoms with E-state index < -0.39 is 6.85 Å². The molecular formula is C23H22N3+. The van der Waals surface area contributed by atoms with Gasteiger partial charge >= 0.3 is 0 Å². The van der Waals surface area contributed by atoms with E-state index in [1.165, 1.54) is 11.1 Å². The third kappa shape index (κ3) is 2.07. The molecule has 0 atom stereocenters. The van der Waals surface area contributed by atoms with Crippen molar-refractivity contribution in [1.29, 1.82) is 0 Å². The van der Waals surface area contributed by atoms with E-state index in [0.717, 1.165) is 45.8 Å². The molecule has 1 aliphatic rings. The monoisotopic (exact) mass is 343 g/mol. The van der Waals surface area contributed by atoms with Gasteiger partial charge in [0.25, 0.3) is 0 Å². The molecule has 2 aromatic heterocycles. The van der Waals surface area contributed by atoms with Crippen molar-refractivity contribution in [3.05, 3.63) is 76.7 Å². The highest BCUT2D eigenvalue weighted by atomic mass is 15.1. The van der Waals surface area contributed by atoms with Crippen LogP contribution in [0.3, 0.4) is 0 Å². The Morgan fingerprint density at radius 1 is 1.08 bits per heavy atom. The number of aryl methyl sites for hydroxylation is 4. The molecule has 1 aliphatic heterocycles. The predicted molar refractivity (Wildman–Crippen MR) is 105 cm³/mol. The summed E-state index contributed by atoms with van der Waals surface area (Å²) in [6.45, 7) is 1.87. The Labute approximate surface area is 157 Å². The predicted octanol–water partition coefficient (Wildman–Crippen LogP) is 4.35. The van der Waals surface area contributed by atoms with Crippen molar-refractivity contribution in [2.45, 2.75) is 27.1 Å². The molecule has 0 saturated heterocycles. The zero-order valence-corrected chi connectivity index (χ0v) is 15.2. The molecule has 4 aromatic rings. The first kappa shape index (κ1) is 12.4. The minimum atomic E-state index is -2.11. The quantitative estimate of drug-likeness (QED) is 0.415. The molecule has 3 heterocycles. The molecule has 0 saturated carbocycles. The Bertz CT molecular complexity index is 1300. The molecule has 0 amide bonds. The fraction of sp³-hybridized carbons (Fsp3) is 0.217. The lowest BCUT2D eigenvalue weighted by Crippen LogP contribution is -2.31. The second-order valence-electron chi connectivity index (χ2n) is 7.19. The maximum atomic E-state index is 7.78. The SMILES string of the molecule is [2H]C([2H])([2H])c1c[n+](C)c(-c2cc3c(cc2C)Cc2nc4ccccc4n2-3)cc1C. The molecule has 0 radical (unpaired) electrons. The highest BCUT2D eigenvalue weighted by Gasteiger charge is 2.25. The van der Waals surface area contributed by atoms with Crippen LogP contribution in [0.5, 0.6) is 0 Å². The molecule has 2 aromatic carbocycles. The number of nitrogens with zero attached hydrogens (tertiary/aromatic N) is 3. The molecule has 0 unspecified atom stereocenters. The molecule has 128 valence electrons. The summed E-state index contributed by atoms with van der Waals surface area (Å²) in [5.41, 5.74) is 9.04. The van der Waals surface area contributed by atoms with Crippen molar-refractivity contribution < 1.29 is 8.68 Å². The van der Waals surface area contributed by atoms with Crippen LogP contribution in [0.4, 0.5) is 0 Å². The molecule has 3 nitrogen and oxygen atoms in total. The average molecular weight is 343 g/mol. The zero-order valence-electron chi connectivity index (χ0n) is 18.2. The van der Waals surface area contributed by atoms with Crippen LogP contribution in [-0.4, -0.2) is 9.55 Å². The summed E-state index contributed by atoms with van der Waals surface area (Å²) in [6, 6.07) is 14.7. The maximum Gasteiger partial charge on any atom is 0.212 e. The summed E-state index contributed by atoms with van der Waals surface area (Å²) >= 11 is 0. The molecule has 0 fully saturated rings. The standard InChI is InChI=1S/C23H22N3/c1-14-10-22(25(4)13-16(14)3)18-12-21-17(9-15(18)2)11-23-24-19-7-5-6-8-20(19)26(21)23/h5-10,12-13H,11H2,1-4H3/q+1/i3D3. The number of imidazole rings is 1. The Morgan fingerprint density at radius 3 is 2.77 bits per heavy atom. The lowest BCUT2D eigenvalue weighted by molar-refractivity contribution is -0.660. The minimum Gasteiger partial charge on any atom is -0.296 e. The van der Waals surface area contributed by atoms with Crippen molar-refractivity contribution in [2.75, 3.05) is 0 Å². The average Bonchev–Trinajstić information content (AvgIpc) is 3.17. The number of aromatic nitrogens is 3. The Morgan fingerprint density at radius 2 is 1.92 bits per heavy atom. The third-order valence-corrected chi connectivity index (χ3v) is 5.40. The molecule has 0 spiro atoms. The first-order chi connectivity index (χ1) is 13.7. The molecule has 0 N–H and O–H groups in total. The maximum absolute atomic E-state index is 7.78. The number of fused-ring (bicyclic) bond motifs is 5. The lowest BCUT2D eigenvalue weighted by Gasteiger charge is -2.11. The number of para-hydroxylation sites is 2. The van der Waals surface area contributed by atoms with Gasteiger partial charge in [0.15, 0.2) is 6.20 Å². The summed E-state index contributed by atoms with van der Waals surface area (Å²) < 4.78 is 27.5. The van der Waals surface area contributed by atoms with Crippen LogP contribution in [0.25, 0.3) is 28.0 Å². The summed E-state index contributed by atoms with van der Waals surface area (Å²) in [5.74, 6) is 1.07. The summed E-state index contributed by atoms with van der Waals surface area (Å²) in [4.78, 5) is 4.81. The van der Waals surface area contributed by atoms with Crippen molar-refractivity contribution in [3.63, 3.8) is 0 Å². The highest BCUT2D eigenvalue weighted by molar-refractivity contribution is 5.81. The number of rotatable bonds is 1. The van der Waals surface area contributed by atoms with E-state index in [0.29, 0.717) is 5.56 Å². The summed E-state index contributed by atoms with van der Waals surface area (Å²) in [7, 11) is 1.91. The summed E-state index contributed by atoms with van der Waals surface area (Å²) in [6.07, 6.45) is 2.57. The summed E-state index contributed by atoms with van der Waals surface area (Å²) in [5, 5.41) is 0. The fourth-order valence-corrected chi connectivity index (χ4v) is 4.03. The van der Waals surface area contributed by atoms with Gasteiger partial charge in [0.2, 0.25) is 5.69 Å². The van der Waals surface area contributed by atoms with Gasteiger partial charge in [0.05, 0.1) is 22.3 Å². The van der Waals surface area contributed by atoms with E-state index in [-0.39, 0.29) is 0 Å². The van der Waals surface area contributed by atoms with E-state index in [9.17, 15) is 0 Å². The van der Waals surface area contributed by atoms with Gasteiger partial charge < -0.3 is 0 Å². The van der Waals surface area contributed by atoms with Crippen LogP contribution in [-0.2, 0) is 13.5 Å². The normalized spacial score (nSPS) is 14.7. The Balaban J connectivity index is 1.72. The molecular weight excluding hydrogens is 318 g/mol. The smallest absolute Gasteiger partial charge is 0.212 e. The van der Waals surface area contributed by atoms with Crippen LogP contribution < -0.4 is 4.57 Å². The Hall–Kier alpha value is -2.94. The Kier molecular flexibility index (Phi) is 2.52. The number of pyridine rings is 1. The van der Waals surface area contributed by atoms with Crippen LogP contribution in [0.1, 0.15) is 32.2 Å². The van der Waals surface area contributed by atoms with E-state index in [2.05, 4.69) is 29.7 Å². The second kappa shape index (κ2) is 5.28. The van der Waals surface area contributed by atoms with E-state index in [1.807, 2.05) is 42.8 Å². The number of hydrogen-bond acceptors (Lipinski definition) is 1. The zero-order chi connectivity index (χ0) is 20.5. The molecule has 0 aliphatic carbocycles. The van der Waals surface area contributed by atoms with E-state index in [4.69, 9.17) is 9.10 Å². The van der Waals surface area contributed by atoms with Crippen LogP contribution in [0, 0.1) is 20.7 Å². The van der Waals surface area contributed by atoms with Crippen molar-refractivity contribution in [1.82, 2.24) is 9.55 Å². The molecule has 3 heteroatoms. The second-order valence-corrected chi connectivity index (χ2v) is 7.19. The van der Waals surface area contributed by atoms with Gasteiger partial charge in [-0.05, 0) is 55.6 Å². The molecule has 0 bridgehead atoms. The molecule has 5 rings (SSSR count). The first-order valence-electron chi connectivity index (χ1n) is 10.4. The number of benzene rings is 2. The van der Waals surface area contributed by atoms with Crippen molar-refractivity contribution >= 4 is 11.0 Å². The fourth-order valence-electron chi connectivity index (χ4n) is 4.03. The lowest BCUT2D eigenvalue weighted by atomic mass is 9.98. The first-order valence-corrected chi connectivity index (χ1v) is 8.85. The van der Waals surface area contributed by atoms with Crippen molar-refractivity contribution in [2.24, 2.45) is 7.05 Å². The van der Waals surface area contributed by atoms with Crippen LogP contribution >= 0.6 is 0 Å². The van der Waals surface area contributed by atoms with Gasteiger partial charge in [-0.25, -0.2) is 9.55 Å². The van der Waals surface area contributed by atoms with E-state index >= 15 is 0 Å². The van der Waals surface area contributed by atoms with Crippen LogP contribution in [0.2, 0.25) is 0 Å². The largest absolute Gasteiger partial charge is 0.296 e. The third-order valence-electron chi connectivity index (χ3n) is 5.40. The van der Waals surface area contributed by atoms with Gasteiger partial charge in [-0.3, -0.25) is 4.57 Å². The highest BCUT2D eigenvalue weighted by Crippen LogP contribution is 2.36. The van der Waals surface area contributed by atoms with Gasteiger partial charge in [-0.15, -0.1) is 0 Å². The number of hydrogen-bond donors (Lipinski definition) is 0. The van der Waals surface area contributed by atoms with Gasteiger partial charge in [-0.1, -0.05) is 18.2 Å². The molecule has 26 heavy (non-hydrogen) atoms. The van der Waals surface area contributed by atoms with Gasteiger partial charge in [-0.2, -0.15) is 0 Å². The van der Waals surface area contributed by atoms with Gasteiger partial charge in [0.1, 0.15) is 12.9 Å². The van der Waals surface area contributed by atoms with E-state index in [1.54, 1.807) is 6.20 Å².